The van der Waals surface area contributed by atoms with Crippen LogP contribution in [0.5, 0.6) is 0 Å². The first-order valence-corrected chi connectivity index (χ1v) is 7.62. The van der Waals surface area contributed by atoms with Crippen molar-refractivity contribution < 1.29 is 17.9 Å². The molecule has 0 unspecified atom stereocenters. The molecule has 0 radical (unpaired) electrons. The van der Waals surface area contributed by atoms with E-state index in [1.807, 2.05) is 0 Å². The SMILES string of the molecule is CCS(=O)(=O)c1cccc(NC(=O)OC(C)(C)C)c1. The summed E-state index contributed by atoms with van der Waals surface area (Å²) in [5, 5.41) is 2.51. The molecule has 0 aliphatic carbocycles. The van der Waals surface area contributed by atoms with Crippen LogP contribution in [0.2, 0.25) is 0 Å². The van der Waals surface area contributed by atoms with E-state index >= 15 is 0 Å². The number of rotatable bonds is 3. The molecule has 1 aromatic carbocycles. The van der Waals surface area contributed by atoms with Gasteiger partial charge in [0.1, 0.15) is 5.60 Å². The number of amides is 1. The van der Waals surface area contributed by atoms with Crippen molar-refractivity contribution in [1.29, 1.82) is 0 Å². The van der Waals surface area contributed by atoms with E-state index in [2.05, 4.69) is 5.32 Å². The van der Waals surface area contributed by atoms with Gasteiger partial charge in [-0.2, -0.15) is 0 Å². The summed E-state index contributed by atoms with van der Waals surface area (Å²) in [7, 11) is -3.28. The number of nitrogens with one attached hydrogen (secondary N) is 1. The topological polar surface area (TPSA) is 72.5 Å². The Bertz CT molecular complexity index is 558. The van der Waals surface area contributed by atoms with Gasteiger partial charge in [0.15, 0.2) is 9.84 Å². The summed E-state index contributed by atoms with van der Waals surface area (Å²) in [6.45, 7) is 6.84. The number of hydrogen-bond donors (Lipinski definition) is 1. The summed E-state index contributed by atoms with van der Waals surface area (Å²) in [6.07, 6.45) is -0.612. The lowest BCUT2D eigenvalue weighted by molar-refractivity contribution is 0.0636. The number of sulfone groups is 1. The Morgan fingerprint density at radius 2 is 1.95 bits per heavy atom. The Labute approximate surface area is 113 Å². The van der Waals surface area contributed by atoms with Crippen molar-refractivity contribution in [1.82, 2.24) is 0 Å². The molecule has 0 aliphatic rings. The largest absolute Gasteiger partial charge is 0.444 e. The third-order valence-corrected chi connectivity index (χ3v) is 3.95. The van der Waals surface area contributed by atoms with Crippen molar-refractivity contribution in [2.24, 2.45) is 0 Å². The van der Waals surface area contributed by atoms with Gasteiger partial charge < -0.3 is 4.74 Å². The minimum Gasteiger partial charge on any atom is -0.444 e. The third kappa shape index (κ3) is 4.90. The maximum Gasteiger partial charge on any atom is 0.412 e. The van der Waals surface area contributed by atoms with Crippen LogP contribution in [0, 0.1) is 0 Å². The van der Waals surface area contributed by atoms with Crippen LogP contribution >= 0.6 is 0 Å². The Hall–Kier alpha value is -1.56. The standard InChI is InChI=1S/C13H19NO4S/c1-5-19(16,17)11-8-6-7-10(9-11)14-12(15)18-13(2,3)4/h6-9H,5H2,1-4H3,(H,14,15). The van der Waals surface area contributed by atoms with Crippen LogP contribution in [-0.2, 0) is 14.6 Å². The van der Waals surface area contributed by atoms with Gasteiger partial charge in [-0.05, 0) is 39.0 Å². The molecule has 5 nitrogen and oxygen atoms in total. The highest BCUT2D eigenvalue weighted by molar-refractivity contribution is 7.91. The van der Waals surface area contributed by atoms with Gasteiger partial charge >= 0.3 is 6.09 Å². The summed E-state index contributed by atoms with van der Waals surface area (Å²) >= 11 is 0. The smallest absolute Gasteiger partial charge is 0.412 e. The molecular weight excluding hydrogens is 266 g/mol. The second-order valence-corrected chi connectivity index (χ2v) is 7.34. The normalized spacial score (nSPS) is 12.0. The van der Waals surface area contributed by atoms with Gasteiger partial charge in [-0.1, -0.05) is 13.0 Å². The Kier molecular flexibility index (Phi) is 4.57. The van der Waals surface area contributed by atoms with Crippen LogP contribution in [0.15, 0.2) is 29.2 Å². The molecule has 1 amide bonds. The van der Waals surface area contributed by atoms with E-state index in [1.165, 1.54) is 12.1 Å². The summed E-state index contributed by atoms with van der Waals surface area (Å²) < 4.78 is 28.5. The first-order valence-electron chi connectivity index (χ1n) is 5.97. The third-order valence-electron chi connectivity index (χ3n) is 2.22. The molecule has 1 aromatic rings. The summed E-state index contributed by atoms with van der Waals surface area (Å²) in [6, 6.07) is 6.11. The molecule has 0 spiro atoms. The number of ether oxygens (including phenoxy) is 1. The average Bonchev–Trinajstić information content (AvgIpc) is 2.26. The molecule has 6 heteroatoms. The molecule has 0 atom stereocenters. The van der Waals surface area contributed by atoms with Crippen LogP contribution < -0.4 is 5.32 Å². The van der Waals surface area contributed by atoms with E-state index in [1.54, 1.807) is 39.8 Å². The molecule has 0 saturated heterocycles. The molecule has 0 saturated carbocycles. The first-order chi connectivity index (χ1) is 8.64. The monoisotopic (exact) mass is 285 g/mol. The van der Waals surface area contributed by atoms with E-state index in [0.29, 0.717) is 5.69 Å². The number of carbonyl (C=O) groups is 1. The fraction of sp³-hybridized carbons (Fsp3) is 0.462. The molecule has 1 N–H and O–H groups in total. The van der Waals surface area contributed by atoms with Gasteiger partial charge in [0.25, 0.3) is 0 Å². The van der Waals surface area contributed by atoms with E-state index in [4.69, 9.17) is 4.74 Å². The predicted octanol–water partition coefficient (Wildman–Crippen LogP) is 2.83. The van der Waals surface area contributed by atoms with Crippen LogP contribution in [0.3, 0.4) is 0 Å². The van der Waals surface area contributed by atoms with E-state index in [9.17, 15) is 13.2 Å². The summed E-state index contributed by atoms with van der Waals surface area (Å²) in [4.78, 5) is 11.8. The Balaban J connectivity index is 2.87. The lowest BCUT2D eigenvalue weighted by Crippen LogP contribution is -2.27. The number of carbonyl (C=O) groups excluding carboxylic acids is 1. The number of hydrogen-bond acceptors (Lipinski definition) is 4. The highest BCUT2D eigenvalue weighted by Crippen LogP contribution is 2.17. The average molecular weight is 285 g/mol. The minimum absolute atomic E-state index is 0.0168. The van der Waals surface area contributed by atoms with Crippen molar-refractivity contribution in [3.05, 3.63) is 24.3 Å². The predicted molar refractivity (Wildman–Crippen MR) is 74.0 cm³/mol. The van der Waals surface area contributed by atoms with E-state index < -0.39 is 21.5 Å². The molecule has 0 fully saturated rings. The van der Waals surface area contributed by atoms with E-state index in [0.717, 1.165) is 0 Å². The highest BCUT2D eigenvalue weighted by atomic mass is 32.2. The molecule has 0 aliphatic heterocycles. The fourth-order valence-corrected chi connectivity index (χ4v) is 2.28. The van der Waals surface area contributed by atoms with Gasteiger partial charge in [-0.15, -0.1) is 0 Å². The van der Waals surface area contributed by atoms with Crippen molar-refractivity contribution in [3.63, 3.8) is 0 Å². The number of benzene rings is 1. The molecule has 0 bridgehead atoms. The van der Waals surface area contributed by atoms with Crippen LogP contribution in [0.25, 0.3) is 0 Å². The Morgan fingerprint density at radius 1 is 1.32 bits per heavy atom. The second kappa shape index (κ2) is 5.61. The summed E-state index contributed by atoms with van der Waals surface area (Å²) in [5.74, 6) is 0.0168. The fourth-order valence-electron chi connectivity index (χ4n) is 1.36. The van der Waals surface area contributed by atoms with Crippen molar-refractivity contribution >= 4 is 21.6 Å². The van der Waals surface area contributed by atoms with E-state index in [-0.39, 0.29) is 10.6 Å². The van der Waals surface area contributed by atoms with Gasteiger partial charge in [0.2, 0.25) is 0 Å². The second-order valence-electron chi connectivity index (χ2n) is 5.06. The van der Waals surface area contributed by atoms with Crippen molar-refractivity contribution in [2.45, 2.75) is 38.2 Å². The zero-order valence-electron chi connectivity index (χ0n) is 11.6. The minimum atomic E-state index is -3.28. The molecule has 0 heterocycles. The highest BCUT2D eigenvalue weighted by Gasteiger charge is 2.17. The van der Waals surface area contributed by atoms with Gasteiger partial charge in [0, 0.05) is 5.69 Å². The van der Waals surface area contributed by atoms with Crippen molar-refractivity contribution in [3.8, 4) is 0 Å². The lowest BCUT2D eigenvalue weighted by atomic mass is 10.2. The number of anilines is 1. The molecule has 0 aromatic heterocycles. The lowest BCUT2D eigenvalue weighted by Gasteiger charge is -2.19. The molecular formula is C13H19NO4S. The quantitative estimate of drug-likeness (QED) is 0.926. The molecule has 19 heavy (non-hydrogen) atoms. The van der Waals surface area contributed by atoms with Crippen LogP contribution in [0.4, 0.5) is 10.5 Å². The van der Waals surface area contributed by atoms with Crippen LogP contribution in [0.1, 0.15) is 27.7 Å². The Morgan fingerprint density at radius 3 is 2.47 bits per heavy atom. The van der Waals surface area contributed by atoms with Crippen LogP contribution in [-0.4, -0.2) is 25.9 Å². The molecule has 106 valence electrons. The maximum atomic E-state index is 11.7. The zero-order chi connectivity index (χ0) is 14.7. The maximum absolute atomic E-state index is 11.7. The first kappa shape index (κ1) is 15.5. The molecule has 1 rings (SSSR count). The zero-order valence-corrected chi connectivity index (χ0v) is 12.4. The van der Waals surface area contributed by atoms with Gasteiger partial charge in [0.05, 0.1) is 10.6 Å². The van der Waals surface area contributed by atoms with Gasteiger partial charge in [-0.25, -0.2) is 13.2 Å². The van der Waals surface area contributed by atoms with Crippen molar-refractivity contribution in [2.75, 3.05) is 11.1 Å². The summed E-state index contributed by atoms with van der Waals surface area (Å²) in [5.41, 5.74) is -0.208. The van der Waals surface area contributed by atoms with Gasteiger partial charge in [-0.3, -0.25) is 5.32 Å².